The fraction of sp³-hybridized carbons (Fsp3) is 0.349. The molecule has 0 radical (unpaired) electrons. The van der Waals surface area contributed by atoms with Gasteiger partial charge in [0.2, 0.25) is 0 Å². The van der Waals surface area contributed by atoms with Crippen molar-refractivity contribution in [2.75, 3.05) is 0 Å². The zero-order chi connectivity index (χ0) is 32.2. The molecule has 0 aromatic heterocycles. The molecule has 3 heteroatoms. The van der Waals surface area contributed by atoms with Crippen molar-refractivity contribution in [3.05, 3.63) is 124 Å². The molecule has 7 rings (SSSR count). The van der Waals surface area contributed by atoms with Crippen molar-refractivity contribution < 1.29 is 49.0 Å². The van der Waals surface area contributed by atoms with Crippen LogP contribution in [0.1, 0.15) is 104 Å². The SMILES string of the molecule is CC1=CC(C)(C)c2cc3[cH-]c4cc5c(cc4c3cc21)C(C)=CC5(C)C.CC1[C-]=CC(C(C)(C)C)=C1.C[C](=[Zr+2])c1ccccc1.[Cl-].[Cl-]. The van der Waals surface area contributed by atoms with Gasteiger partial charge in [-0.2, -0.15) is 11.6 Å². The average molecular weight is 727 g/mol. The van der Waals surface area contributed by atoms with Gasteiger partial charge in [0.25, 0.3) is 0 Å². The summed E-state index contributed by atoms with van der Waals surface area (Å²) >= 11 is 1.51. The number of hydrogen-bond donors (Lipinski definition) is 0. The molecule has 3 aliphatic rings. The van der Waals surface area contributed by atoms with Gasteiger partial charge in [0.15, 0.2) is 0 Å². The van der Waals surface area contributed by atoms with E-state index in [1.54, 1.807) is 0 Å². The molecule has 0 spiro atoms. The van der Waals surface area contributed by atoms with Gasteiger partial charge in [0, 0.05) is 10.8 Å². The Balaban J connectivity index is 0.000000228. The predicted octanol–water partition coefficient (Wildman–Crippen LogP) is 5.85. The molecule has 0 bridgehead atoms. The van der Waals surface area contributed by atoms with E-state index in [0.29, 0.717) is 11.3 Å². The summed E-state index contributed by atoms with van der Waals surface area (Å²) in [5.74, 6) is 0.522. The average Bonchev–Trinajstić information content (AvgIpc) is 3.65. The molecule has 0 N–H and O–H groups in total. The van der Waals surface area contributed by atoms with Gasteiger partial charge in [-0.05, 0) is 36.1 Å². The Kier molecular flexibility index (Phi) is 11.8. The molecule has 4 aromatic rings. The maximum absolute atomic E-state index is 3.26. The second-order valence-corrected chi connectivity index (χ2v) is 17.0. The standard InChI is InChI=1S/C25H25.C10H15.C8H8.2ClH.Zr/c1-14-12-24(3,4)22-8-16-7-17-9-23-19(15(2)13-25(23,5)6)11-21(17)20(16)10-18(14)22;1-8-5-6-9(7-8)10(2,3)4;1-2-8-6-4-3-5-7-8;;;/h7-13H,1-6H3;6-8H,1-4H3;3-7H,1H3;2*1H;/q2*-1;;;;+2/p-2. The van der Waals surface area contributed by atoms with Crippen LogP contribution in [0.2, 0.25) is 0 Å². The van der Waals surface area contributed by atoms with Gasteiger partial charge in [-0.25, -0.2) is 6.08 Å². The van der Waals surface area contributed by atoms with Crippen molar-refractivity contribution in [2.24, 2.45) is 11.3 Å². The summed E-state index contributed by atoms with van der Waals surface area (Å²) in [6.45, 7) is 24.8. The predicted molar refractivity (Wildman–Crippen MR) is 191 cm³/mol. The van der Waals surface area contributed by atoms with E-state index in [9.17, 15) is 0 Å². The Bertz CT molecular complexity index is 1790. The summed E-state index contributed by atoms with van der Waals surface area (Å²) in [5.41, 5.74) is 12.0. The van der Waals surface area contributed by atoms with Gasteiger partial charge in [-0.3, -0.25) is 6.08 Å². The van der Waals surface area contributed by atoms with Crippen LogP contribution in [0.4, 0.5) is 0 Å². The van der Waals surface area contributed by atoms with E-state index in [1.807, 2.05) is 6.07 Å². The van der Waals surface area contributed by atoms with E-state index in [1.165, 1.54) is 93.5 Å². The quantitative estimate of drug-likeness (QED) is 0.216. The first-order valence-corrected chi connectivity index (χ1v) is 17.2. The molecule has 0 amide bonds. The topological polar surface area (TPSA) is 0 Å². The van der Waals surface area contributed by atoms with Crippen LogP contribution in [0.15, 0.2) is 90.5 Å². The van der Waals surface area contributed by atoms with Gasteiger partial charge in [0.05, 0.1) is 0 Å². The van der Waals surface area contributed by atoms with Crippen molar-refractivity contribution >= 4 is 35.9 Å². The van der Waals surface area contributed by atoms with E-state index in [4.69, 9.17) is 0 Å². The van der Waals surface area contributed by atoms with Gasteiger partial charge in [-0.15, -0.1) is 39.7 Å². The molecule has 0 saturated carbocycles. The van der Waals surface area contributed by atoms with Crippen molar-refractivity contribution in [1.29, 1.82) is 0 Å². The second kappa shape index (κ2) is 14.1. The number of fused-ring (bicyclic) bond motifs is 5. The Morgan fingerprint density at radius 2 is 1.24 bits per heavy atom. The monoisotopic (exact) mass is 724 g/mol. The number of rotatable bonds is 1. The van der Waals surface area contributed by atoms with Crippen LogP contribution in [0.25, 0.3) is 32.7 Å². The Morgan fingerprint density at radius 3 is 1.57 bits per heavy atom. The minimum absolute atomic E-state index is 0. The number of hydrogen-bond acceptors (Lipinski definition) is 0. The first-order chi connectivity index (χ1) is 20.5. The van der Waals surface area contributed by atoms with Crippen LogP contribution in [-0.4, -0.2) is 3.21 Å². The van der Waals surface area contributed by atoms with Gasteiger partial charge in [-0.1, -0.05) is 102 Å². The van der Waals surface area contributed by atoms with Crippen LogP contribution < -0.4 is 24.8 Å². The number of benzene rings is 3. The Hall–Kier alpha value is -2.18. The van der Waals surface area contributed by atoms with Crippen LogP contribution in [-0.2, 0) is 35.1 Å². The van der Waals surface area contributed by atoms with Crippen LogP contribution in [0.5, 0.6) is 0 Å². The molecule has 0 nitrogen and oxygen atoms in total. The number of halogens is 2. The summed E-state index contributed by atoms with van der Waals surface area (Å²) in [4.78, 5) is 0. The largest absolute Gasteiger partial charge is 1.00 e. The minimum atomic E-state index is 0. The third kappa shape index (κ3) is 7.75. The van der Waals surface area contributed by atoms with E-state index in [0.717, 1.165) is 0 Å². The van der Waals surface area contributed by atoms with Crippen molar-refractivity contribution in [1.82, 2.24) is 0 Å². The number of allylic oxidation sites excluding steroid dienone is 8. The van der Waals surface area contributed by atoms with Gasteiger partial charge in [0.1, 0.15) is 0 Å². The summed E-state index contributed by atoms with van der Waals surface area (Å²) in [7, 11) is 0. The van der Waals surface area contributed by atoms with E-state index in [2.05, 4.69) is 161 Å². The molecule has 240 valence electrons. The molecule has 3 aliphatic carbocycles. The minimum Gasteiger partial charge on any atom is -1.00 e. The molecule has 1 atom stereocenters. The first kappa shape index (κ1) is 38.3. The maximum atomic E-state index is 3.26. The van der Waals surface area contributed by atoms with E-state index >= 15 is 0 Å². The fourth-order valence-corrected chi connectivity index (χ4v) is 7.37. The third-order valence-electron chi connectivity index (χ3n) is 9.38. The molecular formula is C43H48Cl2Zr-2. The van der Waals surface area contributed by atoms with Crippen LogP contribution in [0.3, 0.4) is 0 Å². The van der Waals surface area contributed by atoms with Crippen molar-refractivity contribution in [3.8, 4) is 0 Å². The zero-order valence-corrected chi connectivity index (χ0v) is 33.4. The Morgan fingerprint density at radius 1 is 0.783 bits per heavy atom. The summed E-state index contributed by atoms with van der Waals surface area (Å²) in [6, 6.07) is 22.6. The van der Waals surface area contributed by atoms with Crippen LogP contribution >= 0.6 is 0 Å². The molecule has 4 aromatic carbocycles. The van der Waals surface area contributed by atoms with Crippen molar-refractivity contribution in [3.63, 3.8) is 0 Å². The van der Waals surface area contributed by atoms with Gasteiger partial charge >= 0.3 is 70.3 Å². The summed E-state index contributed by atoms with van der Waals surface area (Å²) in [6.07, 6.45) is 12.5. The first-order valence-electron chi connectivity index (χ1n) is 16.0. The van der Waals surface area contributed by atoms with Crippen LogP contribution in [0, 0.1) is 17.4 Å². The van der Waals surface area contributed by atoms with E-state index < -0.39 is 0 Å². The molecule has 0 saturated heterocycles. The van der Waals surface area contributed by atoms with Crippen molar-refractivity contribution in [2.45, 2.75) is 87.0 Å². The smallest absolute Gasteiger partial charge is 1.00 e. The summed E-state index contributed by atoms with van der Waals surface area (Å²) < 4.78 is 1.46. The second-order valence-electron chi connectivity index (χ2n) is 15.2. The molecule has 46 heavy (non-hydrogen) atoms. The van der Waals surface area contributed by atoms with E-state index in [-0.39, 0.29) is 35.6 Å². The zero-order valence-electron chi connectivity index (χ0n) is 29.4. The molecule has 0 aliphatic heterocycles. The van der Waals surface area contributed by atoms with Gasteiger partial charge < -0.3 is 24.8 Å². The third-order valence-corrected chi connectivity index (χ3v) is 10.1. The maximum Gasteiger partial charge on any atom is -1.00 e. The molecule has 0 heterocycles. The Labute approximate surface area is 305 Å². The fourth-order valence-electron chi connectivity index (χ4n) is 6.96. The molecule has 0 fully saturated rings. The molecular weight excluding hydrogens is 679 g/mol. The normalized spacial score (nSPS) is 18.1. The molecule has 1 unspecified atom stereocenters. The summed E-state index contributed by atoms with van der Waals surface area (Å²) in [5, 5.41) is 5.57.